The predicted molar refractivity (Wildman–Crippen MR) is 117 cm³/mol. The molecule has 29 heavy (non-hydrogen) atoms. The second-order valence-corrected chi connectivity index (χ2v) is 10.6. The molecule has 1 fully saturated rings. The Kier molecular flexibility index (Phi) is 4.93. The number of halogens is 1. The molecule has 0 saturated carbocycles. The third-order valence-electron chi connectivity index (χ3n) is 6.53. The Balaban J connectivity index is 1.53. The van der Waals surface area contributed by atoms with Crippen LogP contribution in [0, 0.1) is 5.92 Å². The normalized spacial score (nSPS) is 26.6. The molecule has 0 amide bonds. The lowest BCUT2D eigenvalue weighted by atomic mass is 9.77. The molecule has 4 nitrogen and oxygen atoms in total. The van der Waals surface area contributed by atoms with Gasteiger partial charge in [-0.25, -0.2) is 8.42 Å². The van der Waals surface area contributed by atoms with Gasteiger partial charge in [0.15, 0.2) is 0 Å². The minimum absolute atomic E-state index is 0.112. The zero-order valence-electron chi connectivity index (χ0n) is 16.2. The van der Waals surface area contributed by atoms with Gasteiger partial charge >= 0.3 is 0 Å². The monoisotopic (exact) mass is 428 g/mol. The van der Waals surface area contributed by atoms with Crippen LogP contribution in [0.15, 0.2) is 59.5 Å². The molecule has 0 radical (unpaired) electrons. The first kappa shape index (κ1) is 19.2. The summed E-state index contributed by atoms with van der Waals surface area (Å²) >= 11 is 6.50. The van der Waals surface area contributed by atoms with E-state index in [4.69, 9.17) is 11.6 Å². The standard InChI is InChI=1S/C23H25ClN2O2S/c24-21-10-3-2-7-19(21)23-18-9-6-8-17(18)20-15-16(11-12-22(20)25-23)29(27,28)26-13-4-1-5-14-26/h2-3,6-8,10-12,15,17-18,23,25H,1,4-5,9,13-14H2. The highest BCUT2D eigenvalue weighted by molar-refractivity contribution is 7.89. The Bertz CT molecular complexity index is 1060. The summed E-state index contributed by atoms with van der Waals surface area (Å²) in [5, 5.41) is 4.42. The summed E-state index contributed by atoms with van der Waals surface area (Å²) in [6.45, 7) is 1.25. The SMILES string of the molecule is O=S(=O)(c1ccc2c(c1)C1C=CCC1C(c1ccccc1Cl)N2)N1CCCCC1. The van der Waals surface area contributed by atoms with Crippen molar-refractivity contribution in [1.82, 2.24) is 4.31 Å². The summed E-state index contributed by atoms with van der Waals surface area (Å²) in [6.07, 6.45) is 8.39. The van der Waals surface area contributed by atoms with Crippen LogP contribution in [-0.2, 0) is 10.0 Å². The molecule has 3 atom stereocenters. The molecule has 0 spiro atoms. The Morgan fingerprint density at radius 2 is 1.79 bits per heavy atom. The number of fused-ring (bicyclic) bond motifs is 3. The zero-order valence-corrected chi connectivity index (χ0v) is 17.8. The van der Waals surface area contributed by atoms with E-state index in [-0.39, 0.29) is 12.0 Å². The average molecular weight is 429 g/mol. The van der Waals surface area contributed by atoms with Gasteiger partial charge in [0, 0.05) is 29.7 Å². The number of anilines is 1. The van der Waals surface area contributed by atoms with Crippen molar-refractivity contribution in [1.29, 1.82) is 0 Å². The Morgan fingerprint density at radius 1 is 1.00 bits per heavy atom. The fraction of sp³-hybridized carbons (Fsp3) is 0.391. The van der Waals surface area contributed by atoms with Crippen LogP contribution in [0.25, 0.3) is 0 Å². The van der Waals surface area contributed by atoms with E-state index >= 15 is 0 Å². The zero-order chi connectivity index (χ0) is 20.0. The van der Waals surface area contributed by atoms with Gasteiger partial charge in [-0.1, -0.05) is 48.4 Å². The second kappa shape index (κ2) is 7.46. The van der Waals surface area contributed by atoms with Crippen LogP contribution in [0.3, 0.4) is 0 Å². The second-order valence-electron chi connectivity index (χ2n) is 8.21. The molecule has 3 aliphatic rings. The summed E-state index contributed by atoms with van der Waals surface area (Å²) in [6, 6.07) is 13.7. The number of piperidine rings is 1. The van der Waals surface area contributed by atoms with E-state index in [0.29, 0.717) is 23.9 Å². The number of benzene rings is 2. The molecule has 2 aliphatic heterocycles. The largest absolute Gasteiger partial charge is 0.378 e. The van der Waals surface area contributed by atoms with Crippen LogP contribution >= 0.6 is 11.6 Å². The highest BCUT2D eigenvalue weighted by Crippen LogP contribution is 2.51. The van der Waals surface area contributed by atoms with E-state index in [2.05, 4.69) is 23.5 Å². The number of nitrogens with zero attached hydrogens (tertiary/aromatic N) is 1. The number of nitrogens with one attached hydrogen (secondary N) is 1. The fourth-order valence-electron chi connectivity index (χ4n) is 5.02. The maximum atomic E-state index is 13.2. The van der Waals surface area contributed by atoms with Crippen LogP contribution in [0.2, 0.25) is 5.02 Å². The van der Waals surface area contributed by atoms with Gasteiger partial charge in [0.1, 0.15) is 0 Å². The minimum atomic E-state index is -3.44. The van der Waals surface area contributed by atoms with E-state index in [1.807, 2.05) is 30.3 Å². The smallest absolute Gasteiger partial charge is 0.243 e. The van der Waals surface area contributed by atoms with Crippen LogP contribution in [0.5, 0.6) is 0 Å². The molecule has 152 valence electrons. The topological polar surface area (TPSA) is 49.4 Å². The predicted octanol–water partition coefficient (Wildman–Crippen LogP) is 5.34. The van der Waals surface area contributed by atoms with Crippen molar-refractivity contribution < 1.29 is 8.42 Å². The first-order chi connectivity index (χ1) is 14.1. The Labute approximate surface area is 177 Å². The Hall–Kier alpha value is -1.82. The first-order valence-corrected chi connectivity index (χ1v) is 12.2. The van der Waals surface area contributed by atoms with Gasteiger partial charge in [-0.05, 0) is 60.6 Å². The van der Waals surface area contributed by atoms with Crippen LogP contribution in [0.1, 0.15) is 48.8 Å². The molecule has 0 bridgehead atoms. The number of rotatable bonds is 3. The lowest BCUT2D eigenvalue weighted by Crippen LogP contribution is -2.36. The number of allylic oxidation sites excluding steroid dienone is 2. The summed E-state index contributed by atoms with van der Waals surface area (Å²) in [4.78, 5) is 0.412. The quantitative estimate of drug-likeness (QED) is 0.671. The molecule has 0 aromatic heterocycles. The van der Waals surface area contributed by atoms with Gasteiger partial charge in [0.05, 0.1) is 10.9 Å². The Morgan fingerprint density at radius 3 is 2.59 bits per heavy atom. The molecule has 1 saturated heterocycles. The lowest BCUT2D eigenvalue weighted by Gasteiger charge is -2.38. The first-order valence-electron chi connectivity index (χ1n) is 10.4. The van der Waals surface area contributed by atoms with Gasteiger partial charge in [-0.3, -0.25) is 0 Å². The van der Waals surface area contributed by atoms with Crippen molar-refractivity contribution >= 4 is 27.3 Å². The molecule has 1 N–H and O–H groups in total. The molecular weight excluding hydrogens is 404 g/mol. The number of hydrogen-bond donors (Lipinski definition) is 1. The molecule has 2 aromatic carbocycles. The highest BCUT2D eigenvalue weighted by Gasteiger charge is 2.39. The summed E-state index contributed by atoms with van der Waals surface area (Å²) in [7, 11) is -3.44. The van der Waals surface area contributed by atoms with E-state index in [1.165, 1.54) is 0 Å². The van der Waals surface area contributed by atoms with Crippen molar-refractivity contribution in [3.8, 4) is 0 Å². The summed E-state index contributed by atoms with van der Waals surface area (Å²) in [5.41, 5.74) is 3.17. The van der Waals surface area contributed by atoms with Gasteiger partial charge in [-0.2, -0.15) is 4.31 Å². The number of hydrogen-bond acceptors (Lipinski definition) is 3. The average Bonchev–Trinajstić information content (AvgIpc) is 3.24. The lowest BCUT2D eigenvalue weighted by molar-refractivity contribution is 0.346. The number of sulfonamides is 1. The highest BCUT2D eigenvalue weighted by atomic mass is 35.5. The summed E-state index contributed by atoms with van der Waals surface area (Å²) in [5.74, 6) is 0.527. The van der Waals surface area contributed by atoms with Crippen LogP contribution in [0.4, 0.5) is 5.69 Å². The van der Waals surface area contributed by atoms with E-state index in [1.54, 1.807) is 10.4 Å². The van der Waals surface area contributed by atoms with Crippen LogP contribution in [-0.4, -0.2) is 25.8 Å². The van der Waals surface area contributed by atoms with E-state index < -0.39 is 10.0 Å². The molecule has 2 aromatic rings. The third kappa shape index (κ3) is 3.29. The maximum absolute atomic E-state index is 13.2. The van der Waals surface area contributed by atoms with E-state index in [9.17, 15) is 8.42 Å². The van der Waals surface area contributed by atoms with Gasteiger partial charge in [-0.15, -0.1) is 0 Å². The van der Waals surface area contributed by atoms with E-state index in [0.717, 1.165) is 47.5 Å². The third-order valence-corrected chi connectivity index (χ3v) is 8.77. The van der Waals surface area contributed by atoms with Crippen molar-refractivity contribution in [2.24, 2.45) is 5.92 Å². The van der Waals surface area contributed by atoms with Gasteiger partial charge in [0.25, 0.3) is 0 Å². The minimum Gasteiger partial charge on any atom is -0.378 e. The van der Waals surface area contributed by atoms with Gasteiger partial charge in [0.2, 0.25) is 10.0 Å². The van der Waals surface area contributed by atoms with Crippen LogP contribution < -0.4 is 5.32 Å². The van der Waals surface area contributed by atoms with Crippen molar-refractivity contribution in [2.75, 3.05) is 18.4 Å². The van der Waals surface area contributed by atoms with Crippen molar-refractivity contribution in [3.05, 3.63) is 70.8 Å². The molecule has 1 aliphatic carbocycles. The molecule has 6 heteroatoms. The van der Waals surface area contributed by atoms with Crippen molar-refractivity contribution in [3.63, 3.8) is 0 Å². The molecule has 5 rings (SSSR count). The molecular formula is C23H25ClN2O2S. The molecule has 3 unspecified atom stereocenters. The van der Waals surface area contributed by atoms with Gasteiger partial charge < -0.3 is 5.32 Å². The van der Waals surface area contributed by atoms with Crippen molar-refractivity contribution in [2.45, 2.75) is 42.5 Å². The fourth-order valence-corrected chi connectivity index (χ4v) is 6.83. The maximum Gasteiger partial charge on any atom is 0.243 e. The molecule has 2 heterocycles. The summed E-state index contributed by atoms with van der Waals surface area (Å²) < 4.78 is 28.0.